The molecule has 1 aromatic carbocycles. The highest BCUT2D eigenvalue weighted by molar-refractivity contribution is 9.10. The SMILES string of the molecule is Cn1nnc(Br)c1-c1ccc(N)cc1F. The molecule has 0 saturated heterocycles. The van der Waals surface area contributed by atoms with E-state index in [-0.39, 0.29) is 5.82 Å². The number of aryl methyl sites for hydroxylation is 1. The van der Waals surface area contributed by atoms with Crippen molar-refractivity contribution < 1.29 is 4.39 Å². The minimum absolute atomic E-state index is 0.388. The van der Waals surface area contributed by atoms with Crippen LogP contribution in [-0.2, 0) is 7.05 Å². The molecule has 2 aromatic rings. The Bertz CT molecular complexity index is 489. The van der Waals surface area contributed by atoms with Gasteiger partial charge in [0.2, 0.25) is 0 Å². The fraction of sp³-hybridized carbons (Fsp3) is 0.111. The van der Waals surface area contributed by atoms with E-state index >= 15 is 0 Å². The number of halogens is 2. The van der Waals surface area contributed by atoms with Crippen LogP contribution in [0.5, 0.6) is 0 Å². The molecule has 0 aliphatic heterocycles. The van der Waals surface area contributed by atoms with Crippen LogP contribution in [0.1, 0.15) is 0 Å². The molecule has 0 spiro atoms. The highest BCUT2D eigenvalue weighted by Gasteiger charge is 2.14. The number of benzene rings is 1. The minimum atomic E-state index is -0.388. The first-order chi connectivity index (χ1) is 7.09. The third kappa shape index (κ3) is 1.72. The van der Waals surface area contributed by atoms with E-state index in [1.54, 1.807) is 19.2 Å². The molecule has 0 bridgehead atoms. The largest absolute Gasteiger partial charge is 0.399 e. The number of hydrogen-bond donors (Lipinski definition) is 1. The molecule has 1 aromatic heterocycles. The molecule has 0 saturated carbocycles. The van der Waals surface area contributed by atoms with Gasteiger partial charge in [-0.3, -0.25) is 0 Å². The Morgan fingerprint density at radius 2 is 2.20 bits per heavy atom. The van der Waals surface area contributed by atoms with Crippen molar-refractivity contribution in [1.82, 2.24) is 15.0 Å². The van der Waals surface area contributed by atoms with Gasteiger partial charge in [-0.1, -0.05) is 5.21 Å². The Labute approximate surface area is 94.0 Å². The second-order valence-corrected chi connectivity index (χ2v) is 3.84. The number of aromatic nitrogens is 3. The maximum Gasteiger partial charge on any atom is 0.156 e. The van der Waals surface area contributed by atoms with Crippen molar-refractivity contribution in [2.45, 2.75) is 0 Å². The third-order valence-corrected chi connectivity index (χ3v) is 2.57. The molecule has 6 heteroatoms. The zero-order chi connectivity index (χ0) is 11.0. The summed E-state index contributed by atoms with van der Waals surface area (Å²) >= 11 is 3.21. The predicted molar refractivity (Wildman–Crippen MR) is 58.5 cm³/mol. The number of anilines is 1. The van der Waals surface area contributed by atoms with E-state index in [1.807, 2.05) is 0 Å². The summed E-state index contributed by atoms with van der Waals surface area (Å²) in [5.41, 5.74) is 6.87. The lowest BCUT2D eigenvalue weighted by Gasteiger charge is -2.04. The van der Waals surface area contributed by atoms with Gasteiger partial charge in [-0.2, -0.15) is 0 Å². The van der Waals surface area contributed by atoms with E-state index in [9.17, 15) is 4.39 Å². The molecule has 0 fully saturated rings. The summed E-state index contributed by atoms with van der Waals surface area (Å²) in [6.07, 6.45) is 0. The molecule has 0 atom stereocenters. The van der Waals surface area contributed by atoms with Crippen LogP contribution in [0.25, 0.3) is 11.3 Å². The van der Waals surface area contributed by atoms with Gasteiger partial charge in [0.05, 0.1) is 0 Å². The Balaban J connectivity index is 2.64. The lowest BCUT2D eigenvalue weighted by atomic mass is 10.1. The quantitative estimate of drug-likeness (QED) is 0.807. The molecule has 15 heavy (non-hydrogen) atoms. The van der Waals surface area contributed by atoms with Crippen LogP contribution >= 0.6 is 15.9 Å². The van der Waals surface area contributed by atoms with E-state index in [2.05, 4.69) is 26.2 Å². The van der Waals surface area contributed by atoms with E-state index in [4.69, 9.17) is 5.73 Å². The van der Waals surface area contributed by atoms with Crippen molar-refractivity contribution >= 4 is 21.6 Å². The van der Waals surface area contributed by atoms with Crippen LogP contribution in [-0.4, -0.2) is 15.0 Å². The average molecular weight is 271 g/mol. The molecule has 4 nitrogen and oxygen atoms in total. The van der Waals surface area contributed by atoms with Crippen molar-refractivity contribution in [3.8, 4) is 11.3 Å². The highest BCUT2D eigenvalue weighted by atomic mass is 79.9. The van der Waals surface area contributed by atoms with Gasteiger partial charge in [-0.25, -0.2) is 9.07 Å². The van der Waals surface area contributed by atoms with Gasteiger partial charge in [0.25, 0.3) is 0 Å². The first kappa shape index (κ1) is 10.1. The maximum atomic E-state index is 13.6. The van der Waals surface area contributed by atoms with Crippen molar-refractivity contribution in [2.75, 3.05) is 5.73 Å². The Hall–Kier alpha value is -1.43. The van der Waals surface area contributed by atoms with Crippen LogP contribution in [0.15, 0.2) is 22.8 Å². The number of rotatable bonds is 1. The zero-order valence-electron chi connectivity index (χ0n) is 7.91. The summed E-state index contributed by atoms with van der Waals surface area (Å²) in [6.45, 7) is 0. The Morgan fingerprint density at radius 1 is 1.47 bits per heavy atom. The topological polar surface area (TPSA) is 56.7 Å². The van der Waals surface area contributed by atoms with Gasteiger partial charge < -0.3 is 5.73 Å². The molecule has 2 rings (SSSR count). The fourth-order valence-electron chi connectivity index (χ4n) is 1.34. The first-order valence-corrected chi connectivity index (χ1v) is 4.99. The first-order valence-electron chi connectivity index (χ1n) is 4.20. The summed E-state index contributed by atoms with van der Waals surface area (Å²) in [7, 11) is 1.70. The van der Waals surface area contributed by atoms with Crippen LogP contribution in [0, 0.1) is 5.82 Å². The van der Waals surface area contributed by atoms with Crippen molar-refractivity contribution in [1.29, 1.82) is 0 Å². The minimum Gasteiger partial charge on any atom is -0.399 e. The zero-order valence-corrected chi connectivity index (χ0v) is 9.49. The van der Waals surface area contributed by atoms with Crippen molar-refractivity contribution in [3.63, 3.8) is 0 Å². The van der Waals surface area contributed by atoms with E-state index in [0.717, 1.165) is 0 Å². The molecule has 0 radical (unpaired) electrons. The molecular formula is C9H8BrFN4. The molecular weight excluding hydrogens is 263 g/mol. The summed E-state index contributed by atoms with van der Waals surface area (Å²) in [4.78, 5) is 0. The molecule has 1 heterocycles. The predicted octanol–water partition coefficient (Wildman–Crippen LogP) is 1.97. The van der Waals surface area contributed by atoms with Crippen LogP contribution in [0.2, 0.25) is 0 Å². The smallest absolute Gasteiger partial charge is 0.156 e. The second-order valence-electron chi connectivity index (χ2n) is 3.09. The average Bonchev–Trinajstić information content (AvgIpc) is 2.48. The van der Waals surface area contributed by atoms with Gasteiger partial charge in [-0.05, 0) is 34.1 Å². The lowest BCUT2D eigenvalue weighted by molar-refractivity contribution is 0.628. The third-order valence-electron chi connectivity index (χ3n) is 2.03. The molecule has 78 valence electrons. The Kier molecular flexibility index (Phi) is 2.44. The van der Waals surface area contributed by atoms with E-state index in [1.165, 1.54) is 10.7 Å². The number of nitrogens with zero attached hydrogens (tertiary/aromatic N) is 3. The number of hydrogen-bond acceptors (Lipinski definition) is 3. The van der Waals surface area contributed by atoms with Crippen molar-refractivity contribution in [3.05, 3.63) is 28.6 Å². The Morgan fingerprint density at radius 3 is 2.73 bits per heavy atom. The van der Waals surface area contributed by atoms with E-state index in [0.29, 0.717) is 21.5 Å². The van der Waals surface area contributed by atoms with Gasteiger partial charge in [0.15, 0.2) is 4.60 Å². The summed E-state index contributed by atoms with van der Waals surface area (Å²) < 4.78 is 15.6. The molecule has 0 aliphatic rings. The van der Waals surface area contributed by atoms with Crippen LogP contribution in [0.3, 0.4) is 0 Å². The summed E-state index contributed by atoms with van der Waals surface area (Å²) in [5.74, 6) is -0.388. The van der Waals surface area contributed by atoms with Gasteiger partial charge in [-0.15, -0.1) is 5.10 Å². The maximum absolute atomic E-state index is 13.6. The monoisotopic (exact) mass is 270 g/mol. The van der Waals surface area contributed by atoms with Crippen molar-refractivity contribution in [2.24, 2.45) is 7.05 Å². The molecule has 0 amide bonds. The van der Waals surface area contributed by atoms with Crippen LogP contribution in [0.4, 0.5) is 10.1 Å². The molecule has 2 N–H and O–H groups in total. The standard InChI is InChI=1S/C9H8BrFN4/c1-15-8(9(10)13-14-15)6-3-2-5(12)4-7(6)11/h2-4H,12H2,1H3. The van der Waals surface area contributed by atoms with Crippen LogP contribution < -0.4 is 5.73 Å². The normalized spacial score (nSPS) is 10.6. The lowest BCUT2D eigenvalue weighted by Crippen LogP contribution is -1.97. The highest BCUT2D eigenvalue weighted by Crippen LogP contribution is 2.28. The number of nitrogens with two attached hydrogens (primary N) is 1. The van der Waals surface area contributed by atoms with Gasteiger partial charge in [0.1, 0.15) is 11.5 Å². The fourth-order valence-corrected chi connectivity index (χ4v) is 1.88. The number of nitrogen functional groups attached to an aromatic ring is 1. The van der Waals surface area contributed by atoms with Gasteiger partial charge in [0, 0.05) is 18.3 Å². The van der Waals surface area contributed by atoms with E-state index < -0.39 is 0 Å². The van der Waals surface area contributed by atoms with Gasteiger partial charge >= 0.3 is 0 Å². The molecule has 0 unspecified atom stereocenters. The summed E-state index contributed by atoms with van der Waals surface area (Å²) in [5, 5.41) is 7.57. The second kappa shape index (κ2) is 3.62. The summed E-state index contributed by atoms with van der Waals surface area (Å²) in [6, 6.07) is 4.51. The molecule has 0 aliphatic carbocycles.